The lowest BCUT2D eigenvalue weighted by Crippen LogP contribution is -2.31. The maximum Gasteiger partial charge on any atom is 0.294 e. The molecule has 0 saturated carbocycles. The van der Waals surface area contributed by atoms with E-state index in [1.807, 2.05) is 54.6 Å². The fourth-order valence-corrected chi connectivity index (χ4v) is 3.14. The first kappa shape index (κ1) is 18.3. The van der Waals surface area contributed by atoms with E-state index < -0.39 is 0 Å². The zero-order chi connectivity index (χ0) is 20.2. The van der Waals surface area contributed by atoms with Crippen LogP contribution < -0.4 is 15.4 Å². The van der Waals surface area contributed by atoms with Crippen LogP contribution in [-0.4, -0.2) is 17.0 Å². The number of ether oxygens (including phenoxy) is 1. The molecule has 3 N–H and O–H groups in total. The predicted molar refractivity (Wildman–Crippen MR) is 112 cm³/mol. The number of carbonyl (C=O) groups excluding carboxylic acids is 1. The van der Waals surface area contributed by atoms with Crippen molar-refractivity contribution in [3.05, 3.63) is 101 Å². The number of para-hydroxylation sites is 1. The highest BCUT2D eigenvalue weighted by Gasteiger charge is 2.27. The average molecular weight is 385 g/mol. The Hall–Kier alpha value is -4.06. The third-order valence-corrected chi connectivity index (χ3v) is 4.66. The summed E-state index contributed by atoms with van der Waals surface area (Å²) in [6.07, 6.45) is 1.74. The second kappa shape index (κ2) is 7.90. The minimum Gasteiger partial charge on any atom is -0.451 e. The van der Waals surface area contributed by atoms with Crippen molar-refractivity contribution in [2.24, 2.45) is 10.9 Å². The summed E-state index contributed by atoms with van der Waals surface area (Å²) >= 11 is 0. The summed E-state index contributed by atoms with van der Waals surface area (Å²) in [7, 11) is 0. The van der Waals surface area contributed by atoms with Crippen LogP contribution >= 0.6 is 0 Å². The molecular weight excluding hydrogens is 366 g/mol. The number of fused-ring (bicyclic) bond motifs is 1. The van der Waals surface area contributed by atoms with Gasteiger partial charge in [0.15, 0.2) is 11.6 Å². The molecular formula is C23H19N3O3. The highest BCUT2D eigenvalue weighted by Crippen LogP contribution is 2.31. The first-order chi connectivity index (χ1) is 14.2. The molecule has 144 valence electrons. The van der Waals surface area contributed by atoms with Gasteiger partial charge in [-0.15, -0.1) is 0 Å². The Morgan fingerprint density at radius 2 is 1.69 bits per heavy atom. The van der Waals surface area contributed by atoms with Crippen molar-refractivity contribution in [1.82, 2.24) is 0 Å². The Morgan fingerprint density at radius 1 is 1.00 bits per heavy atom. The van der Waals surface area contributed by atoms with Crippen molar-refractivity contribution in [1.29, 1.82) is 0 Å². The summed E-state index contributed by atoms with van der Waals surface area (Å²) in [4.78, 5) is 15.0. The largest absolute Gasteiger partial charge is 0.451 e. The molecule has 0 fully saturated rings. The van der Waals surface area contributed by atoms with Crippen molar-refractivity contribution < 1.29 is 14.7 Å². The van der Waals surface area contributed by atoms with Crippen LogP contribution in [0, 0.1) is 0 Å². The molecule has 3 aromatic rings. The number of nitrogens with zero attached hydrogens (tertiary/aromatic N) is 2. The van der Waals surface area contributed by atoms with Gasteiger partial charge in [0.2, 0.25) is 0 Å². The van der Waals surface area contributed by atoms with E-state index in [2.05, 4.69) is 5.16 Å². The third kappa shape index (κ3) is 3.82. The van der Waals surface area contributed by atoms with Gasteiger partial charge in [0.05, 0.1) is 6.54 Å². The summed E-state index contributed by atoms with van der Waals surface area (Å²) in [5, 5.41) is 11.8. The van der Waals surface area contributed by atoms with Gasteiger partial charge >= 0.3 is 0 Å². The number of hydrogen-bond acceptors (Lipinski definition) is 4. The van der Waals surface area contributed by atoms with Gasteiger partial charge < -0.3 is 20.6 Å². The molecule has 1 aliphatic rings. The van der Waals surface area contributed by atoms with E-state index in [9.17, 15) is 4.79 Å². The molecule has 0 bridgehead atoms. The van der Waals surface area contributed by atoms with Crippen LogP contribution in [0.15, 0.2) is 89.8 Å². The molecule has 29 heavy (non-hydrogen) atoms. The van der Waals surface area contributed by atoms with Crippen LogP contribution in [0.5, 0.6) is 5.75 Å². The summed E-state index contributed by atoms with van der Waals surface area (Å²) < 4.78 is 6.00. The van der Waals surface area contributed by atoms with Crippen molar-refractivity contribution >= 4 is 23.5 Å². The molecule has 0 unspecified atom stereocenters. The summed E-state index contributed by atoms with van der Waals surface area (Å²) in [6, 6.07) is 24.1. The number of anilines is 1. The van der Waals surface area contributed by atoms with Crippen LogP contribution in [0.3, 0.4) is 0 Å². The van der Waals surface area contributed by atoms with Crippen LogP contribution in [-0.2, 0) is 11.3 Å². The van der Waals surface area contributed by atoms with Crippen LogP contribution in [0.25, 0.3) is 6.08 Å². The fraction of sp³-hybridized carbons (Fsp3) is 0.0435. The summed E-state index contributed by atoms with van der Waals surface area (Å²) in [5.74, 6) is 0.652. The highest BCUT2D eigenvalue weighted by atomic mass is 16.5. The van der Waals surface area contributed by atoms with Crippen molar-refractivity contribution in [3.63, 3.8) is 0 Å². The van der Waals surface area contributed by atoms with Crippen molar-refractivity contribution in [3.8, 4) is 5.75 Å². The van der Waals surface area contributed by atoms with E-state index in [4.69, 9.17) is 15.7 Å². The van der Waals surface area contributed by atoms with Gasteiger partial charge in [-0.25, -0.2) is 0 Å². The van der Waals surface area contributed by atoms with Gasteiger partial charge in [-0.3, -0.25) is 4.79 Å². The molecule has 1 amide bonds. The van der Waals surface area contributed by atoms with Crippen LogP contribution in [0.1, 0.15) is 16.7 Å². The predicted octanol–water partition coefficient (Wildman–Crippen LogP) is 3.75. The van der Waals surface area contributed by atoms with Gasteiger partial charge in [0, 0.05) is 16.8 Å². The second-order valence-electron chi connectivity index (χ2n) is 6.55. The minimum atomic E-state index is -0.249. The first-order valence-corrected chi connectivity index (χ1v) is 9.08. The van der Waals surface area contributed by atoms with Gasteiger partial charge in [0.1, 0.15) is 5.75 Å². The number of hydrogen-bond donors (Lipinski definition) is 2. The number of amidine groups is 1. The normalized spacial score (nSPS) is 15.6. The van der Waals surface area contributed by atoms with E-state index in [1.165, 1.54) is 0 Å². The Labute approximate surface area is 168 Å². The van der Waals surface area contributed by atoms with Crippen molar-refractivity contribution in [2.45, 2.75) is 6.54 Å². The zero-order valence-corrected chi connectivity index (χ0v) is 15.5. The maximum atomic E-state index is 13.3. The number of amides is 1. The van der Waals surface area contributed by atoms with Crippen LogP contribution in [0.2, 0.25) is 0 Å². The van der Waals surface area contributed by atoms with Gasteiger partial charge in [-0.2, -0.15) is 0 Å². The number of carbonyl (C=O) groups is 1. The molecule has 0 spiro atoms. The number of benzene rings is 3. The SMILES string of the molecule is N/C(=N\O)c1ccc(N2Cc3ccccc3O/C(=C\c3ccccc3)C2=O)cc1. The minimum absolute atomic E-state index is 0.0112. The molecule has 6 heteroatoms. The van der Waals surface area contributed by atoms with Crippen molar-refractivity contribution in [2.75, 3.05) is 4.90 Å². The third-order valence-electron chi connectivity index (χ3n) is 4.66. The quantitative estimate of drug-likeness (QED) is 0.236. The van der Waals surface area contributed by atoms with E-state index in [1.54, 1.807) is 35.2 Å². The van der Waals surface area contributed by atoms with Gasteiger partial charge in [-0.05, 0) is 42.0 Å². The summed E-state index contributed by atoms with van der Waals surface area (Å²) in [5.41, 5.74) is 8.66. The summed E-state index contributed by atoms with van der Waals surface area (Å²) in [6.45, 7) is 0.365. The highest BCUT2D eigenvalue weighted by molar-refractivity contribution is 6.08. The molecule has 3 aromatic carbocycles. The Bertz CT molecular complexity index is 1090. The molecule has 0 atom stereocenters. The lowest BCUT2D eigenvalue weighted by Gasteiger charge is -2.21. The maximum absolute atomic E-state index is 13.3. The standard InChI is InChI=1S/C23H19N3O3/c24-22(25-28)17-10-12-19(13-11-17)26-15-18-8-4-5-9-20(18)29-21(23(26)27)14-16-6-2-1-3-7-16/h1-14,28H,15H2,(H2,24,25)/b21-14-. The topological polar surface area (TPSA) is 88.2 Å². The fourth-order valence-electron chi connectivity index (χ4n) is 3.14. The molecule has 4 rings (SSSR count). The molecule has 0 radical (unpaired) electrons. The van der Waals surface area contributed by atoms with Gasteiger partial charge in [-0.1, -0.05) is 53.7 Å². The zero-order valence-electron chi connectivity index (χ0n) is 15.5. The first-order valence-electron chi connectivity index (χ1n) is 9.08. The number of rotatable bonds is 3. The molecule has 0 aliphatic carbocycles. The van der Waals surface area contributed by atoms with E-state index in [0.717, 1.165) is 11.1 Å². The number of nitrogens with two attached hydrogens (primary N) is 1. The molecule has 6 nitrogen and oxygen atoms in total. The lowest BCUT2D eigenvalue weighted by atomic mass is 10.1. The molecule has 0 saturated heterocycles. The van der Waals surface area contributed by atoms with E-state index >= 15 is 0 Å². The number of oxime groups is 1. The van der Waals surface area contributed by atoms with E-state index in [0.29, 0.717) is 23.5 Å². The molecule has 0 aromatic heterocycles. The van der Waals surface area contributed by atoms with Crippen LogP contribution in [0.4, 0.5) is 5.69 Å². The van der Waals surface area contributed by atoms with Gasteiger partial charge in [0.25, 0.3) is 5.91 Å². The Balaban J connectivity index is 1.77. The smallest absolute Gasteiger partial charge is 0.294 e. The lowest BCUT2D eigenvalue weighted by molar-refractivity contribution is -0.116. The second-order valence-corrected chi connectivity index (χ2v) is 6.55. The Morgan fingerprint density at radius 3 is 2.41 bits per heavy atom. The molecule has 1 aliphatic heterocycles. The average Bonchev–Trinajstić information content (AvgIpc) is 2.91. The monoisotopic (exact) mass is 385 g/mol. The molecule has 1 heterocycles. The Kier molecular flexibility index (Phi) is 4.99. The van der Waals surface area contributed by atoms with E-state index in [-0.39, 0.29) is 17.5 Å².